The van der Waals surface area contributed by atoms with E-state index in [4.69, 9.17) is 0 Å². The van der Waals surface area contributed by atoms with E-state index in [9.17, 15) is 140 Å². The molecule has 0 radical (unpaired) electrons. The molecule has 1 heterocycles. The molecule has 0 bridgehead atoms. The number of nitrogens with one attached hydrogen (secondary N) is 10. The van der Waals surface area contributed by atoms with Gasteiger partial charge in [0.2, 0.25) is 17.8 Å². The van der Waals surface area contributed by atoms with Crippen molar-refractivity contribution < 1.29 is 146 Å². The number of phenols is 19. The first-order valence-corrected chi connectivity index (χ1v) is 39.5. The molecule has 42 heteroatoms. The zero-order valence-electron chi connectivity index (χ0n) is 70.0. The number of aromatic hydroxyl groups is 19. The fourth-order valence-corrected chi connectivity index (χ4v) is 12.9. The summed E-state index contributed by atoms with van der Waals surface area (Å²) in [4.78, 5) is 125. The van der Waals surface area contributed by atoms with Gasteiger partial charge < -0.3 is 134 Å². The average molecular weight is 1880 g/mol. The van der Waals surface area contributed by atoms with Crippen molar-refractivity contribution in [3.63, 3.8) is 0 Å². The predicted molar refractivity (Wildman–Crippen MR) is 501 cm³/mol. The van der Waals surface area contributed by atoms with Gasteiger partial charge in [-0.1, -0.05) is 101 Å². The highest BCUT2D eigenvalue weighted by molar-refractivity contribution is 6.13. The fourth-order valence-electron chi connectivity index (χ4n) is 12.9. The lowest BCUT2D eigenvalue weighted by molar-refractivity contribution is 0.0859. The Morgan fingerprint density at radius 2 is 0.445 bits per heavy atom. The second-order valence-corrected chi connectivity index (χ2v) is 28.9. The molecule has 9 amide bonds. The number of halogens is 1. The van der Waals surface area contributed by atoms with Crippen molar-refractivity contribution in [2.75, 3.05) is 42.5 Å². The highest BCUT2D eigenvalue weighted by atomic mass is 19.0. The van der Waals surface area contributed by atoms with Crippen LogP contribution < -0.4 is 53.2 Å². The minimum atomic E-state index is -0.986. The quantitative estimate of drug-likeness (QED) is 0.0297. The maximum absolute atomic E-state index is 12.8. The monoisotopic (exact) mass is 1880 g/mol. The van der Waals surface area contributed by atoms with Gasteiger partial charge in [-0.2, -0.15) is 15.0 Å². The SMILES string of the molecule is C.C.C=C(Nc1ccc(NC(=O)c2cccc(O)c2O)cc1)c1cccc(O)c1O.Cc1cccc(C(=O)NC2CCCCC2NC(=O)c2cccc(O)c2O)c1O.F.O=C(Nc1cc(NC(=O)c2cccc(O)c2O)cc(NC(=O)c2cccc(O)c2O)c1)c1cccc(O)c1O.O=C(Nc1nc(NC(=O)c2cccc(O)c2O)nc(NC(=O)c2cccc(O)c2O)n1)c1cccc(O)c1O.[HH]. The van der Waals surface area contributed by atoms with Gasteiger partial charge in [0.15, 0.2) is 103 Å². The molecule has 1 aliphatic rings. The number of nitrogens with zero attached hydrogens (tertiary/aromatic N) is 3. The molecule has 1 fully saturated rings. The van der Waals surface area contributed by atoms with Crippen molar-refractivity contribution in [3.05, 3.63) is 292 Å². The second kappa shape index (κ2) is 45.7. The first-order chi connectivity index (χ1) is 63.8. The van der Waals surface area contributed by atoms with Crippen LogP contribution in [0.1, 0.15) is 146 Å². The first kappa shape index (κ1) is 103. The second-order valence-electron chi connectivity index (χ2n) is 28.9. The van der Waals surface area contributed by atoms with E-state index in [0.717, 1.165) is 31.0 Å². The summed E-state index contributed by atoms with van der Waals surface area (Å²) >= 11 is 0. The van der Waals surface area contributed by atoms with E-state index in [2.05, 4.69) is 74.7 Å². The van der Waals surface area contributed by atoms with Gasteiger partial charge in [0, 0.05) is 53.2 Å². The number of carbonyl (C=O) groups excluding carboxylic acids is 9. The molecule has 0 saturated heterocycles. The largest absolute Gasteiger partial charge is 0.507 e. The minimum Gasteiger partial charge on any atom is -0.507 e. The third kappa shape index (κ3) is 25.4. The van der Waals surface area contributed by atoms with Crippen LogP contribution in [0.5, 0.6) is 109 Å². The smallest absolute Gasteiger partial charge is 0.261 e. The van der Waals surface area contributed by atoms with Crippen LogP contribution in [0, 0.1) is 6.92 Å². The van der Waals surface area contributed by atoms with Crippen LogP contribution >= 0.6 is 0 Å². The Bertz CT molecular complexity index is 5980. The van der Waals surface area contributed by atoms with Gasteiger partial charge in [-0.3, -0.25) is 63.8 Å². The van der Waals surface area contributed by atoms with Crippen molar-refractivity contribution in [1.82, 2.24) is 25.6 Å². The molecule has 29 N–H and O–H groups in total. The van der Waals surface area contributed by atoms with Gasteiger partial charge in [0.25, 0.3) is 53.2 Å². The molecular weight excluding hydrogens is 1790 g/mol. The van der Waals surface area contributed by atoms with Crippen LogP contribution in [-0.4, -0.2) is 177 Å². The van der Waals surface area contributed by atoms with Crippen LogP contribution in [0.15, 0.2) is 231 Å². The molecular formula is C95H92FN13O28. The van der Waals surface area contributed by atoms with E-state index in [-0.39, 0.29) is 129 Å². The zero-order valence-corrected chi connectivity index (χ0v) is 70.0. The van der Waals surface area contributed by atoms with E-state index in [1.54, 1.807) is 61.5 Å². The Morgan fingerprint density at radius 3 is 0.693 bits per heavy atom. The van der Waals surface area contributed by atoms with E-state index in [1.807, 2.05) is 0 Å². The van der Waals surface area contributed by atoms with E-state index in [0.29, 0.717) is 41.0 Å². The highest BCUT2D eigenvalue weighted by Gasteiger charge is 2.32. The van der Waals surface area contributed by atoms with Crippen LogP contribution in [0.3, 0.4) is 0 Å². The van der Waals surface area contributed by atoms with Crippen LogP contribution in [-0.2, 0) is 0 Å². The number of amides is 9. The molecule has 1 aliphatic carbocycles. The predicted octanol–water partition coefficient (Wildman–Crippen LogP) is 13.6. The van der Waals surface area contributed by atoms with E-state index in [1.165, 1.54) is 152 Å². The third-order valence-corrected chi connectivity index (χ3v) is 19.8. The number of phenolic OH excluding ortho intramolecular Hbond substituents is 19. The number of anilines is 8. The van der Waals surface area contributed by atoms with Crippen molar-refractivity contribution in [1.29, 1.82) is 0 Å². The van der Waals surface area contributed by atoms with Crippen LogP contribution in [0.25, 0.3) is 5.70 Å². The van der Waals surface area contributed by atoms with Gasteiger partial charge in [-0.05, 0) is 183 Å². The van der Waals surface area contributed by atoms with Gasteiger partial charge in [-0.25, -0.2) is 0 Å². The van der Waals surface area contributed by atoms with E-state index >= 15 is 0 Å². The Hall–Kier alpha value is -19.4. The van der Waals surface area contributed by atoms with Crippen molar-refractivity contribution in [2.45, 2.75) is 59.5 Å². The molecule has 1 saturated carbocycles. The molecule has 14 rings (SSSR count). The Kier molecular flexibility index (Phi) is 34.3. The molecule has 712 valence electrons. The summed E-state index contributed by atoms with van der Waals surface area (Å²) < 4.78 is 0. The summed E-state index contributed by atoms with van der Waals surface area (Å²) in [6, 6.07) is 50.0. The molecule has 13 aromatic rings. The van der Waals surface area contributed by atoms with E-state index < -0.39 is 152 Å². The molecule has 1 aromatic heterocycles. The molecule has 2 atom stereocenters. The summed E-state index contributed by atoms with van der Waals surface area (Å²) in [7, 11) is 0. The van der Waals surface area contributed by atoms with Crippen molar-refractivity contribution in [2.24, 2.45) is 0 Å². The number of benzene rings is 12. The maximum Gasteiger partial charge on any atom is 0.261 e. The summed E-state index contributed by atoms with van der Waals surface area (Å²) in [5, 5.41) is 212. The number of rotatable bonds is 21. The standard InChI is InChI=1S/C27H21N3O9.C24H18N6O9.C21H18N2O5.C21H24N2O5.2CH4.FH.H2/c31-19-7-1-4-16(22(19)34)25(37)28-13-10-14(29-26(38)17-5-2-8-20(32)23(17)35)12-15(11-13)30-27(39)18-6-3-9-21(33)24(18)36;31-13-7-1-4-10(16(13)34)19(37)25-22-28-23(26-20(38)11-5-2-8-14(32)17(11)35)30-24(29-22)27-21(39)12-6-3-9-15(33)18(12)36;1-12(15-4-2-6-17(24)19(15)26)22-13-8-10-14(11-9-13)23-21(28)16-5-3-7-18(25)20(16)27;1-12-6-4-7-13(18(12)25)20(27)22-15-9-2-3-10-16(15)23-21(28)14-8-5-11-17(24)19(14)26;;;;/h1-12,31-36H,(H,28,37)(H,29,38)(H,30,39);1-9,31-36H,(H3,25,26,27,28,29,30,37,38,39);2-11,22,24-27H,1H2,(H,23,28);4-8,11,15-16,24-26H,2-3,9-10H2,1H3,(H,22,27)(H,23,28);2*1H4;2*1H. The van der Waals surface area contributed by atoms with Gasteiger partial charge >= 0.3 is 0 Å². The van der Waals surface area contributed by atoms with Gasteiger partial charge in [0.1, 0.15) is 5.75 Å². The summed E-state index contributed by atoms with van der Waals surface area (Å²) in [6.07, 6.45) is 3.18. The molecule has 0 aliphatic heterocycles. The Labute approximate surface area is 777 Å². The lowest BCUT2D eigenvalue weighted by Crippen LogP contribution is -2.53. The summed E-state index contributed by atoms with van der Waals surface area (Å²) in [5.74, 6) is -18.3. The summed E-state index contributed by atoms with van der Waals surface area (Å²) in [5.41, 5.74) is 0.815. The third-order valence-electron chi connectivity index (χ3n) is 19.8. The number of para-hydroxylation sites is 10. The van der Waals surface area contributed by atoms with Crippen LogP contribution in [0.2, 0.25) is 0 Å². The number of aromatic nitrogens is 3. The van der Waals surface area contributed by atoms with Gasteiger partial charge in [0.05, 0.1) is 50.1 Å². The van der Waals surface area contributed by atoms with Crippen molar-refractivity contribution >= 4 is 105 Å². The minimum absolute atomic E-state index is 0. The van der Waals surface area contributed by atoms with Crippen molar-refractivity contribution in [3.8, 4) is 109 Å². The molecule has 41 nitrogen and oxygen atoms in total. The molecule has 2 unspecified atom stereocenters. The lowest BCUT2D eigenvalue weighted by atomic mass is 9.89. The average Bonchev–Trinajstić information content (AvgIpc) is 0.802. The normalized spacial score (nSPS) is 11.9. The number of hydrogen-bond donors (Lipinski definition) is 29. The number of carbonyl (C=O) groups is 9. The maximum atomic E-state index is 12.8. The summed E-state index contributed by atoms with van der Waals surface area (Å²) in [6.45, 7) is 5.57. The molecule has 0 spiro atoms. The zero-order chi connectivity index (χ0) is 97.1. The topological polar surface area (TPSA) is 697 Å². The lowest BCUT2D eigenvalue weighted by Gasteiger charge is -2.33. The van der Waals surface area contributed by atoms with Crippen LogP contribution in [0.4, 0.5) is 51.0 Å². The Balaban J connectivity index is 0.000000251. The Morgan fingerprint density at radius 1 is 0.255 bits per heavy atom. The molecule has 137 heavy (non-hydrogen) atoms. The number of aryl methyl sites for hydroxylation is 1. The van der Waals surface area contributed by atoms with Gasteiger partial charge in [-0.15, -0.1) is 0 Å². The highest BCUT2D eigenvalue weighted by Crippen LogP contribution is 2.40. The molecule has 12 aromatic carbocycles. The number of hydrogen-bond acceptors (Lipinski definition) is 32. The fraction of sp³-hybridized carbons (Fsp3) is 0.0947. The first-order valence-electron chi connectivity index (χ1n) is 39.5.